The summed E-state index contributed by atoms with van der Waals surface area (Å²) in [7, 11) is 0. The summed E-state index contributed by atoms with van der Waals surface area (Å²) in [6.45, 7) is 2.55. The molecule has 1 nitrogen and oxygen atoms in total. The minimum absolute atomic E-state index is 0.161. The van der Waals surface area contributed by atoms with E-state index in [4.69, 9.17) is 0 Å². The van der Waals surface area contributed by atoms with Crippen molar-refractivity contribution < 1.29 is 4.39 Å². The molecule has 1 N–H and O–H groups in total. The molecule has 0 unspecified atom stereocenters. The Balaban J connectivity index is 2.69. The molecular formula is C9H12FNS. The summed E-state index contributed by atoms with van der Waals surface area (Å²) >= 11 is 4.06. The number of aryl methyl sites for hydroxylation is 1. The molecule has 0 aromatic heterocycles. The van der Waals surface area contributed by atoms with Crippen LogP contribution in [0.2, 0.25) is 0 Å². The zero-order valence-electron chi connectivity index (χ0n) is 6.97. The molecule has 1 aromatic rings. The van der Waals surface area contributed by atoms with Crippen molar-refractivity contribution in [3.63, 3.8) is 0 Å². The Labute approximate surface area is 77.4 Å². The zero-order chi connectivity index (χ0) is 8.97. The van der Waals surface area contributed by atoms with E-state index in [1.807, 2.05) is 0 Å². The summed E-state index contributed by atoms with van der Waals surface area (Å²) in [5.41, 5.74) is 1.61. The van der Waals surface area contributed by atoms with E-state index in [1.165, 1.54) is 6.07 Å². The number of benzene rings is 1. The molecule has 0 bridgehead atoms. The second-order valence-corrected chi connectivity index (χ2v) is 3.06. The number of anilines is 1. The van der Waals surface area contributed by atoms with Gasteiger partial charge in [-0.2, -0.15) is 12.6 Å². The van der Waals surface area contributed by atoms with Crippen molar-refractivity contribution in [2.24, 2.45) is 0 Å². The number of thiol groups is 1. The molecule has 0 heterocycles. The molecule has 0 amide bonds. The van der Waals surface area contributed by atoms with Gasteiger partial charge >= 0.3 is 0 Å². The van der Waals surface area contributed by atoms with Gasteiger partial charge in [0.2, 0.25) is 0 Å². The van der Waals surface area contributed by atoms with Gasteiger partial charge in [0, 0.05) is 18.0 Å². The largest absolute Gasteiger partial charge is 0.384 e. The molecule has 12 heavy (non-hydrogen) atoms. The number of rotatable bonds is 3. The Morgan fingerprint density at radius 2 is 2.25 bits per heavy atom. The van der Waals surface area contributed by atoms with Crippen molar-refractivity contribution in [1.29, 1.82) is 0 Å². The minimum atomic E-state index is -0.161. The molecule has 0 aliphatic carbocycles. The Hall–Kier alpha value is -0.700. The zero-order valence-corrected chi connectivity index (χ0v) is 7.87. The Morgan fingerprint density at radius 1 is 1.50 bits per heavy atom. The molecule has 0 radical (unpaired) electrons. The van der Waals surface area contributed by atoms with Crippen molar-refractivity contribution in [3.8, 4) is 0 Å². The molecule has 0 aliphatic heterocycles. The van der Waals surface area contributed by atoms with Crippen LogP contribution < -0.4 is 5.32 Å². The maximum atomic E-state index is 12.8. The van der Waals surface area contributed by atoms with Gasteiger partial charge in [-0.05, 0) is 30.7 Å². The Morgan fingerprint density at radius 3 is 2.83 bits per heavy atom. The lowest BCUT2D eigenvalue weighted by Crippen LogP contribution is -2.02. The molecule has 0 aliphatic rings. The van der Waals surface area contributed by atoms with Crippen LogP contribution in [0.5, 0.6) is 0 Å². The monoisotopic (exact) mass is 185 g/mol. The maximum absolute atomic E-state index is 12.8. The summed E-state index contributed by atoms with van der Waals surface area (Å²) in [4.78, 5) is 0. The Kier molecular flexibility index (Phi) is 3.41. The lowest BCUT2D eigenvalue weighted by molar-refractivity contribution is 0.619. The van der Waals surface area contributed by atoms with Crippen LogP contribution in [0, 0.1) is 12.7 Å². The van der Waals surface area contributed by atoms with E-state index in [9.17, 15) is 4.39 Å². The minimum Gasteiger partial charge on any atom is -0.384 e. The van der Waals surface area contributed by atoms with Crippen molar-refractivity contribution >= 4 is 18.3 Å². The highest BCUT2D eigenvalue weighted by atomic mass is 32.1. The van der Waals surface area contributed by atoms with Crippen LogP contribution in [0.4, 0.5) is 10.1 Å². The van der Waals surface area contributed by atoms with Gasteiger partial charge in [-0.25, -0.2) is 4.39 Å². The van der Waals surface area contributed by atoms with E-state index in [0.29, 0.717) is 5.56 Å². The standard InChI is InChI=1S/C9H12FNS/c1-7-6-8(11-4-5-12)2-3-9(7)10/h2-3,6,11-12H,4-5H2,1H3. The van der Waals surface area contributed by atoms with Gasteiger partial charge < -0.3 is 5.32 Å². The van der Waals surface area contributed by atoms with Crippen LogP contribution in [0.1, 0.15) is 5.56 Å². The summed E-state index contributed by atoms with van der Waals surface area (Å²) < 4.78 is 12.8. The predicted molar refractivity (Wildman–Crippen MR) is 53.5 cm³/mol. The molecule has 0 fully saturated rings. The first kappa shape index (κ1) is 9.39. The topological polar surface area (TPSA) is 12.0 Å². The van der Waals surface area contributed by atoms with Crippen LogP contribution in [0.15, 0.2) is 18.2 Å². The van der Waals surface area contributed by atoms with Crippen molar-refractivity contribution in [1.82, 2.24) is 0 Å². The highest BCUT2D eigenvalue weighted by Crippen LogP contribution is 2.12. The summed E-state index contributed by atoms with van der Waals surface area (Å²) in [6, 6.07) is 4.99. The van der Waals surface area contributed by atoms with Crippen LogP contribution in [-0.4, -0.2) is 12.3 Å². The lowest BCUT2D eigenvalue weighted by atomic mass is 10.2. The fraction of sp³-hybridized carbons (Fsp3) is 0.333. The van der Waals surface area contributed by atoms with Crippen molar-refractivity contribution in [2.75, 3.05) is 17.6 Å². The number of hydrogen-bond acceptors (Lipinski definition) is 2. The van der Waals surface area contributed by atoms with E-state index in [-0.39, 0.29) is 5.82 Å². The fourth-order valence-electron chi connectivity index (χ4n) is 0.955. The van der Waals surface area contributed by atoms with Crippen molar-refractivity contribution in [3.05, 3.63) is 29.6 Å². The normalized spacial score (nSPS) is 9.92. The molecule has 0 spiro atoms. The second kappa shape index (κ2) is 4.36. The molecule has 0 saturated heterocycles. The van der Waals surface area contributed by atoms with E-state index in [1.54, 1.807) is 19.1 Å². The first-order chi connectivity index (χ1) is 5.74. The first-order valence-corrected chi connectivity index (χ1v) is 4.48. The third-order valence-corrected chi connectivity index (χ3v) is 1.82. The molecule has 1 rings (SSSR count). The van der Waals surface area contributed by atoms with E-state index >= 15 is 0 Å². The molecule has 1 aromatic carbocycles. The molecule has 66 valence electrons. The molecule has 0 atom stereocenters. The van der Waals surface area contributed by atoms with E-state index in [0.717, 1.165) is 18.0 Å². The maximum Gasteiger partial charge on any atom is 0.126 e. The van der Waals surface area contributed by atoms with Crippen LogP contribution in [0.3, 0.4) is 0 Å². The predicted octanol–water partition coefficient (Wildman–Crippen LogP) is 2.48. The van der Waals surface area contributed by atoms with Gasteiger partial charge in [-0.1, -0.05) is 0 Å². The fourth-order valence-corrected chi connectivity index (χ4v) is 1.07. The summed E-state index contributed by atoms with van der Waals surface area (Å²) in [5.74, 6) is 0.614. The summed E-state index contributed by atoms with van der Waals surface area (Å²) in [6.07, 6.45) is 0. The third-order valence-electron chi connectivity index (χ3n) is 1.60. The van der Waals surface area contributed by atoms with E-state index in [2.05, 4.69) is 17.9 Å². The highest BCUT2D eigenvalue weighted by Gasteiger charge is 1.96. The van der Waals surface area contributed by atoms with Crippen LogP contribution in [0.25, 0.3) is 0 Å². The molecule has 0 saturated carbocycles. The lowest BCUT2D eigenvalue weighted by Gasteiger charge is -2.05. The first-order valence-electron chi connectivity index (χ1n) is 3.85. The van der Waals surface area contributed by atoms with Gasteiger partial charge in [0.15, 0.2) is 0 Å². The van der Waals surface area contributed by atoms with Gasteiger partial charge in [0.25, 0.3) is 0 Å². The number of nitrogens with one attached hydrogen (secondary N) is 1. The molecular weight excluding hydrogens is 173 g/mol. The smallest absolute Gasteiger partial charge is 0.126 e. The summed E-state index contributed by atoms with van der Waals surface area (Å²) in [5, 5.41) is 3.12. The Bertz CT molecular complexity index is 263. The highest BCUT2D eigenvalue weighted by molar-refractivity contribution is 7.80. The molecule has 3 heteroatoms. The van der Waals surface area contributed by atoms with Crippen LogP contribution >= 0.6 is 12.6 Å². The SMILES string of the molecule is Cc1cc(NCCS)ccc1F. The van der Waals surface area contributed by atoms with Crippen LogP contribution in [-0.2, 0) is 0 Å². The van der Waals surface area contributed by atoms with Crippen molar-refractivity contribution in [2.45, 2.75) is 6.92 Å². The van der Waals surface area contributed by atoms with E-state index < -0.39 is 0 Å². The number of hydrogen-bond donors (Lipinski definition) is 2. The average molecular weight is 185 g/mol. The van der Waals surface area contributed by atoms with Gasteiger partial charge in [-0.3, -0.25) is 0 Å². The second-order valence-electron chi connectivity index (χ2n) is 2.61. The quantitative estimate of drug-likeness (QED) is 0.689. The average Bonchev–Trinajstić information content (AvgIpc) is 2.07. The van der Waals surface area contributed by atoms with Gasteiger partial charge in [0.1, 0.15) is 5.82 Å². The van der Waals surface area contributed by atoms with Gasteiger partial charge in [0.05, 0.1) is 0 Å². The number of halogens is 1. The third kappa shape index (κ3) is 2.41. The van der Waals surface area contributed by atoms with Gasteiger partial charge in [-0.15, -0.1) is 0 Å².